The summed E-state index contributed by atoms with van der Waals surface area (Å²) in [5, 5.41) is 2.76. The molecule has 1 fully saturated rings. The van der Waals surface area contributed by atoms with Crippen LogP contribution in [0.15, 0.2) is 0 Å². The van der Waals surface area contributed by atoms with Crippen LogP contribution in [-0.2, 0) is 0 Å². The minimum absolute atomic E-state index is 0.0418. The number of carbonyl (C=O) groups excluding carboxylic acids is 1. The fourth-order valence-corrected chi connectivity index (χ4v) is 1.39. The van der Waals surface area contributed by atoms with Crippen molar-refractivity contribution in [2.24, 2.45) is 5.73 Å². The van der Waals surface area contributed by atoms with Gasteiger partial charge in [-0.2, -0.15) is 0 Å². The standard InChI is InChI=1S/C8H17N3O/c9-4-5-10-8(12)11-6-2-1-3-7-11/h1-7,9H2,(H,10,12). The van der Waals surface area contributed by atoms with Gasteiger partial charge in [-0.15, -0.1) is 0 Å². The molecule has 0 saturated carbocycles. The molecule has 4 nitrogen and oxygen atoms in total. The first kappa shape index (κ1) is 9.32. The lowest BCUT2D eigenvalue weighted by Gasteiger charge is -2.26. The van der Waals surface area contributed by atoms with Gasteiger partial charge in [0.25, 0.3) is 0 Å². The zero-order valence-electron chi connectivity index (χ0n) is 7.38. The number of carbonyl (C=O) groups is 1. The van der Waals surface area contributed by atoms with E-state index in [0.29, 0.717) is 13.1 Å². The monoisotopic (exact) mass is 171 g/mol. The molecular weight excluding hydrogens is 154 g/mol. The number of nitrogens with zero attached hydrogens (tertiary/aromatic N) is 1. The van der Waals surface area contributed by atoms with E-state index in [-0.39, 0.29) is 6.03 Å². The van der Waals surface area contributed by atoms with Gasteiger partial charge in [0.15, 0.2) is 0 Å². The Bertz CT molecular complexity index is 143. The fraction of sp³-hybridized carbons (Fsp3) is 0.875. The van der Waals surface area contributed by atoms with Gasteiger partial charge in [-0.05, 0) is 19.3 Å². The summed E-state index contributed by atoms with van der Waals surface area (Å²) in [6.45, 7) is 2.89. The smallest absolute Gasteiger partial charge is 0.317 e. The van der Waals surface area contributed by atoms with Crippen molar-refractivity contribution in [2.45, 2.75) is 19.3 Å². The van der Waals surface area contributed by atoms with E-state index in [2.05, 4.69) is 5.32 Å². The topological polar surface area (TPSA) is 58.4 Å². The minimum Gasteiger partial charge on any atom is -0.337 e. The second-order valence-electron chi connectivity index (χ2n) is 3.07. The summed E-state index contributed by atoms with van der Waals surface area (Å²) < 4.78 is 0. The number of hydrogen-bond acceptors (Lipinski definition) is 2. The molecule has 1 heterocycles. The zero-order chi connectivity index (χ0) is 8.81. The second-order valence-corrected chi connectivity index (χ2v) is 3.07. The summed E-state index contributed by atoms with van der Waals surface area (Å²) in [4.78, 5) is 13.2. The average molecular weight is 171 g/mol. The normalized spacial score (nSPS) is 17.6. The van der Waals surface area contributed by atoms with Crippen LogP contribution in [0.2, 0.25) is 0 Å². The van der Waals surface area contributed by atoms with Gasteiger partial charge in [0, 0.05) is 26.2 Å². The molecular formula is C8H17N3O. The molecule has 0 aliphatic carbocycles. The first-order chi connectivity index (χ1) is 5.84. The van der Waals surface area contributed by atoms with Crippen LogP contribution in [0.3, 0.4) is 0 Å². The summed E-state index contributed by atoms with van der Waals surface area (Å²) in [6.07, 6.45) is 3.52. The SMILES string of the molecule is NCCNC(=O)N1CCCCC1. The average Bonchev–Trinajstić information content (AvgIpc) is 2.15. The second kappa shape index (κ2) is 4.98. The van der Waals surface area contributed by atoms with Gasteiger partial charge in [-0.1, -0.05) is 0 Å². The van der Waals surface area contributed by atoms with Gasteiger partial charge in [-0.3, -0.25) is 0 Å². The summed E-state index contributed by atoms with van der Waals surface area (Å²) in [5.41, 5.74) is 5.27. The maximum Gasteiger partial charge on any atom is 0.317 e. The van der Waals surface area contributed by atoms with Crippen molar-refractivity contribution < 1.29 is 4.79 Å². The van der Waals surface area contributed by atoms with E-state index in [4.69, 9.17) is 5.73 Å². The number of hydrogen-bond donors (Lipinski definition) is 2. The minimum atomic E-state index is 0.0418. The molecule has 4 heteroatoms. The Morgan fingerprint density at radius 3 is 2.58 bits per heavy atom. The van der Waals surface area contributed by atoms with Crippen molar-refractivity contribution in [3.63, 3.8) is 0 Å². The van der Waals surface area contributed by atoms with Crippen LogP contribution in [0.25, 0.3) is 0 Å². The first-order valence-electron chi connectivity index (χ1n) is 4.57. The van der Waals surface area contributed by atoms with Gasteiger partial charge >= 0.3 is 6.03 Å². The van der Waals surface area contributed by atoms with Gasteiger partial charge in [-0.25, -0.2) is 4.79 Å². The summed E-state index contributed by atoms with van der Waals surface area (Å²) >= 11 is 0. The molecule has 12 heavy (non-hydrogen) atoms. The maximum atomic E-state index is 11.3. The molecule has 0 bridgehead atoms. The highest BCUT2D eigenvalue weighted by molar-refractivity contribution is 5.74. The molecule has 0 aromatic heterocycles. The Labute approximate surface area is 73.1 Å². The van der Waals surface area contributed by atoms with Gasteiger partial charge < -0.3 is 16.0 Å². The number of piperidine rings is 1. The molecule has 70 valence electrons. The zero-order valence-corrected chi connectivity index (χ0v) is 7.38. The lowest BCUT2D eigenvalue weighted by Crippen LogP contribution is -2.44. The number of nitrogens with one attached hydrogen (secondary N) is 1. The van der Waals surface area contributed by atoms with E-state index < -0.39 is 0 Å². The van der Waals surface area contributed by atoms with Gasteiger partial charge in [0.05, 0.1) is 0 Å². The summed E-state index contributed by atoms with van der Waals surface area (Å²) in [5.74, 6) is 0. The molecule has 1 aliphatic heterocycles. The highest BCUT2D eigenvalue weighted by Crippen LogP contribution is 2.07. The predicted molar refractivity (Wildman–Crippen MR) is 47.9 cm³/mol. The third kappa shape index (κ3) is 2.70. The molecule has 0 aromatic carbocycles. The molecule has 0 radical (unpaired) electrons. The summed E-state index contributed by atoms with van der Waals surface area (Å²) in [6, 6.07) is 0.0418. The molecule has 0 aromatic rings. The highest BCUT2D eigenvalue weighted by atomic mass is 16.2. The number of nitrogens with two attached hydrogens (primary N) is 1. The number of rotatable bonds is 2. The van der Waals surface area contributed by atoms with E-state index in [1.54, 1.807) is 0 Å². The lowest BCUT2D eigenvalue weighted by atomic mass is 10.1. The molecule has 0 unspecified atom stereocenters. The van der Waals surface area contributed by atoms with Gasteiger partial charge in [0.1, 0.15) is 0 Å². The number of amides is 2. The van der Waals surface area contributed by atoms with Crippen molar-refractivity contribution in [2.75, 3.05) is 26.2 Å². The Balaban J connectivity index is 2.20. The quantitative estimate of drug-likeness (QED) is 0.621. The third-order valence-corrected chi connectivity index (χ3v) is 2.06. The van der Waals surface area contributed by atoms with Crippen molar-refractivity contribution in [3.8, 4) is 0 Å². The van der Waals surface area contributed by atoms with Gasteiger partial charge in [0.2, 0.25) is 0 Å². The van der Waals surface area contributed by atoms with E-state index >= 15 is 0 Å². The van der Waals surface area contributed by atoms with Crippen LogP contribution >= 0.6 is 0 Å². The molecule has 1 saturated heterocycles. The largest absolute Gasteiger partial charge is 0.337 e. The van der Waals surface area contributed by atoms with Crippen molar-refractivity contribution in [3.05, 3.63) is 0 Å². The lowest BCUT2D eigenvalue weighted by molar-refractivity contribution is 0.187. The van der Waals surface area contributed by atoms with Crippen molar-refractivity contribution in [1.82, 2.24) is 10.2 Å². The Morgan fingerprint density at radius 2 is 2.00 bits per heavy atom. The highest BCUT2D eigenvalue weighted by Gasteiger charge is 2.14. The van der Waals surface area contributed by atoms with Crippen LogP contribution in [0.1, 0.15) is 19.3 Å². The van der Waals surface area contributed by atoms with E-state index in [9.17, 15) is 4.79 Å². The number of urea groups is 1. The van der Waals surface area contributed by atoms with Crippen LogP contribution < -0.4 is 11.1 Å². The number of likely N-dealkylation sites (tertiary alicyclic amines) is 1. The van der Waals surface area contributed by atoms with Crippen molar-refractivity contribution in [1.29, 1.82) is 0 Å². The van der Waals surface area contributed by atoms with E-state index in [1.807, 2.05) is 4.90 Å². The third-order valence-electron chi connectivity index (χ3n) is 2.06. The van der Waals surface area contributed by atoms with Crippen LogP contribution in [0, 0.1) is 0 Å². The Hall–Kier alpha value is -0.770. The molecule has 2 amide bonds. The maximum absolute atomic E-state index is 11.3. The Morgan fingerprint density at radius 1 is 1.33 bits per heavy atom. The molecule has 0 spiro atoms. The molecule has 1 rings (SSSR count). The first-order valence-corrected chi connectivity index (χ1v) is 4.57. The van der Waals surface area contributed by atoms with Crippen LogP contribution in [-0.4, -0.2) is 37.1 Å². The van der Waals surface area contributed by atoms with Crippen LogP contribution in [0.4, 0.5) is 4.79 Å². The van der Waals surface area contributed by atoms with Crippen molar-refractivity contribution >= 4 is 6.03 Å². The molecule has 1 aliphatic rings. The fourth-order valence-electron chi connectivity index (χ4n) is 1.39. The van der Waals surface area contributed by atoms with E-state index in [0.717, 1.165) is 25.9 Å². The van der Waals surface area contributed by atoms with Crippen LogP contribution in [0.5, 0.6) is 0 Å². The predicted octanol–water partition coefficient (Wildman–Crippen LogP) is 0.141. The Kier molecular flexibility index (Phi) is 3.87. The summed E-state index contributed by atoms with van der Waals surface area (Å²) in [7, 11) is 0. The molecule has 3 N–H and O–H groups in total. The molecule has 0 atom stereocenters. The van der Waals surface area contributed by atoms with E-state index in [1.165, 1.54) is 6.42 Å².